The van der Waals surface area contributed by atoms with Gasteiger partial charge in [-0.1, -0.05) is 30.3 Å². The molecule has 0 amide bonds. The molecule has 5 aromatic carbocycles. The Bertz CT molecular complexity index is 1760. The van der Waals surface area contributed by atoms with Crippen LogP contribution >= 0.6 is 26.3 Å². The standard InChI is InChI=1S/C43H49IN5OP/c44-51(38-21-11-6-12-22-38,39-23-13-7-14-24-39,40-25-15-8-16-26-40)34-18-4-2-1-3-17-33-50-37-29-27-36(28-30-37)41-47-42(45)49-43(48-41)46-32-31-35-19-9-5-10-20-35/h5-16,19-30,41H,1-4,17-18,31-34H2,(H4,45,46,47,48,49). The van der Waals surface area contributed by atoms with E-state index in [0.29, 0.717) is 25.1 Å². The van der Waals surface area contributed by atoms with Crippen LogP contribution in [0.1, 0.15) is 55.8 Å². The van der Waals surface area contributed by atoms with Gasteiger partial charge in [-0.25, -0.2) is 4.99 Å². The molecule has 1 aliphatic rings. The molecular formula is C43H49IN5OP. The van der Waals surface area contributed by atoms with Gasteiger partial charge in [-0.2, -0.15) is 0 Å². The molecule has 5 aromatic rings. The summed E-state index contributed by atoms with van der Waals surface area (Å²) in [4.78, 5) is 9.20. The second kappa shape index (κ2) is 17.8. The predicted molar refractivity (Wildman–Crippen MR) is 227 cm³/mol. The number of benzene rings is 5. The van der Waals surface area contributed by atoms with Crippen molar-refractivity contribution in [3.05, 3.63) is 157 Å². The van der Waals surface area contributed by atoms with Crippen LogP contribution in [-0.2, 0) is 6.42 Å². The van der Waals surface area contributed by atoms with E-state index in [1.165, 1.54) is 53.6 Å². The third-order valence-corrected chi connectivity index (χ3v) is 21.4. The molecule has 0 bridgehead atoms. The smallest absolute Gasteiger partial charge is 0.330 e. The predicted octanol–water partition coefficient (Wildman–Crippen LogP) is 8.39. The molecule has 0 saturated heterocycles. The number of ether oxygens (including phenoxy) is 1. The number of hydrogen-bond donors (Lipinski definition) is 3. The molecule has 0 fully saturated rings. The minimum atomic E-state index is -2.67. The minimum Gasteiger partial charge on any atom is -0.330 e. The van der Waals surface area contributed by atoms with E-state index in [1.807, 2.05) is 42.5 Å². The van der Waals surface area contributed by atoms with Gasteiger partial charge in [0.05, 0.1) is 0 Å². The Hall–Kier alpha value is -4.20. The zero-order valence-electron chi connectivity index (χ0n) is 29.2. The van der Waals surface area contributed by atoms with Crippen molar-refractivity contribution in [3.8, 4) is 5.75 Å². The fraction of sp³-hybridized carbons (Fsp3) is 0.256. The fourth-order valence-electron chi connectivity index (χ4n) is 6.88. The number of nitrogens with two attached hydrogens (primary N) is 1. The summed E-state index contributed by atoms with van der Waals surface area (Å²) in [6, 6.07) is 52.2. The van der Waals surface area contributed by atoms with E-state index in [-0.39, 0.29) is 6.17 Å². The zero-order valence-corrected chi connectivity index (χ0v) is 32.3. The van der Waals surface area contributed by atoms with E-state index in [2.05, 4.69) is 146 Å². The first-order valence-corrected chi connectivity index (χ1v) is 23.3. The van der Waals surface area contributed by atoms with Crippen LogP contribution in [0.25, 0.3) is 0 Å². The van der Waals surface area contributed by atoms with E-state index in [0.717, 1.165) is 30.3 Å². The number of unbranched alkanes of at least 4 members (excludes halogenated alkanes) is 5. The van der Waals surface area contributed by atoms with E-state index < -0.39 is 4.25 Å². The van der Waals surface area contributed by atoms with Crippen LogP contribution < -0.4 is 37.0 Å². The number of rotatable bonds is 17. The van der Waals surface area contributed by atoms with Crippen molar-refractivity contribution >= 4 is 54.1 Å². The Labute approximate surface area is 316 Å². The van der Waals surface area contributed by atoms with Crippen molar-refractivity contribution in [1.82, 2.24) is 10.6 Å². The third-order valence-electron chi connectivity index (χ3n) is 9.62. The van der Waals surface area contributed by atoms with Crippen LogP contribution in [0.15, 0.2) is 156 Å². The number of nitrogens with zero attached hydrogens (tertiary/aromatic N) is 2. The average Bonchev–Trinajstić information content (AvgIpc) is 3.19. The summed E-state index contributed by atoms with van der Waals surface area (Å²) in [5.74, 6) is 1.87. The van der Waals surface area contributed by atoms with Gasteiger partial charge in [-0.3, -0.25) is 10.3 Å². The van der Waals surface area contributed by atoms with Crippen molar-refractivity contribution in [1.29, 1.82) is 0 Å². The van der Waals surface area contributed by atoms with Gasteiger partial charge in [-0.05, 0) is 17.5 Å². The molecule has 8 heteroatoms. The van der Waals surface area contributed by atoms with Crippen LogP contribution in [0.3, 0.4) is 0 Å². The first-order chi connectivity index (χ1) is 25.0. The molecule has 0 aromatic heterocycles. The van der Waals surface area contributed by atoms with Gasteiger partial charge in [0.1, 0.15) is 0 Å². The number of halogens is 1. The number of nitrogens with one attached hydrogen (secondary N) is 2. The maximum absolute atomic E-state index is 6.11. The van der Waals surface area contributed by atoms with Gasteiger partial charge in [0.2, 0.25) is 0 Å². The molecule has 1 aliphatic heterocycles. The Kier molecular flexibility index (Phi) is 12.8. The summed E-state index contributed by atoms with van der Waals surface area (Å²) in [7, 11) is 0. The van der Waals surface area contributed by atoms with Gasteiger partial charge in [0, 0.05) is 6.54 Å². The Morgan fingerprint density at radius 2 is 1.16 bits per heavy atom. The van der Waals surface area contributed by atoms with Gasteiger partial charge >= 0.3 is 219 Å². The molecule has 4 N–H and O–H groups in total. The molecule has 1 atom stereocenters. The molecule has 6 nitrogen and oxygen atoms in total. The van der Waals surface area contributed by atoms with E-state index >= 15 is 0 Å². The summed E-state index contributed by atoms with van der Waals surface area (Å²) >= 11 is 2.90. The Morgan fingerprint density at radius 1 is 0.647 bits per heavy atom. The van der Waals surface area contributed by atoms with Crippen molar-refractivity contribution in [3.63, 3.8) is 0 Å². The minimum absolute atomic E-state index is 0.293. The molecule has 0 saturated carbocycles. The number of guanidine groups is 2. The van der Waals surface area contributed by atoms with Crippen molar-refractivity contribution in [2.24, 2.45) is 15.7 Å². The Morgan fingerprint density at radius 3 is 1.73 bits per heavy atom. The first-order valence-electron chi connectivity index (χ1n) is 18.1. The molecule has 1 unspecified atom stereocenters. The number of hydrogen-bond acceptors (Lipinski definition) is 4. The maximum atomic E-state index is 6.11. The molecule has 0 radical (unpaired) electrons. The topological polar surface area (TPSA) is 84.0 Å². The SMILES string of the molecule is NC1=NC(c2ccc(OCCCCCCCCP(I)(c3ccccc3)(c3ccccc3)c3ccccc3)cc2)NC(=NCCc2ccccc2)N1. The van der Waals surface area contributed by atoms with Gasteiger partial charge in [-0.15, -0.1) is 0 Å². The van der Waals surface area contributed by atoms with Crippen molar-refractivity contribution in [2.75, 3.05) is 19.3 Å². The zero-order chi connectivity index (χ0) is 35.2. The molecule has 1 heterocycles. The van der Waals surface area contributed by atoms with Crippen molar-refractivity contribution < 1.29 is 4.74 Å². The average molecular weight is 810 g/mol. The quantitative estimate of drug-likeness (QED) is 0.0501. The second-order valence-corrected chi connectivity index (χ2v) is 23.9. The van der Waals surface area contributed by atoms with Crippen LogP contribution in [0, 0.1) is 0 Å². The van der Waals surface area contributed by atoms with Gasteiger partial charge in [0.25, 0.3) is 0 Å². The summed E-state index contributed by atoms with van der Waals surface area (Å²) < 4.78 is 3.43. The van der Waals surface area contributed by atoms with E-state index in [1.54, 1.807) is 0 Å². The van der Waals surface area contributed by atoms with Crippen LogP contribution in [0.2, 0.25) is 0 Å². The normalized spacial score (nSPS) is 15.9. The van der Waals surface area contributed by atoms with E-state index in [9.17, 15) is 0 Å². The summed E-state index contributed by atoms with van der Waals surface area (Å²) in [5, 5.41) is 10.8. The summed E-state index contributed by atoms with van der Waals surface area (Å²) in [6.45, 7) is 1.37. The molecule has 51 heavy (non-hydrogen) atoms. The van der Waals surface area contributed by atoms with E-state index in [4.69, 9.17) is 10.5 Å². The number of aliphatic imine (C=N–C) groups is 2. The van der Waals surface area contributed by atoms with Crippen LogP contribution in [0.5, 0.6) is 5.75 Å². The summed E-state index contributed by atoms with van der Waals surface area (Å²) in [6.07, 6.45) is 8.83. The molecule has 6 rings (SSSR count). The molecule has 264 valence electrons. The first kappa shape index (κ1) is 36.6. The molecule has 0 aliphatic carbocycles. The van der Waals surface area contributed by atoms with Gasteiger partial charge < -0.3 is 11.1 Å². The fourth-order valence-corrected chi connectivity index (χ4v) is 15.7. The monoisotopic (exact) mass is 809 g/mol. The van der Waals surface area contributed by atoms with Crippen LogP contribution in [0.4, 0.5) is 0 Å². The van der Waals surface area contributed by atoms with Crippen molar-refractivity contribution in [2.45, 2.75) is 51.1 Å². The van der Waals surface area contributed by atoms with Gasteiger partial charge in [0.15, 0.2) is 18.1 Å². The summed E-state index contributed by atoms with van der Waals surface area (Å²) in [5.41, 5.74) is 8.35. The second-order valence-electron chi connectivity index (χ2n) is 13.1. The molecular weight excluding hydrogens is 760 g/mol. The molecule has 0 spiro atoms. The Balaban J connectivity index is 0.950. The van der Waals surface area contributed by atoms with Crippen LogP contribution in [-0.4, -0.2) is 31.2 Å². The third kappa shape index (κ3) is 9.19.